The molecular formula is C17H24BrNO. The highest BCUT2D eigenvalue weighted by Gasteiger charge is 2.32. The van der Waals surface area contributed by atoms with Crippen molar-refractivity contribution in [1.82, 2.24) is 4.90 Å². The fraction of sp³-hybridized carbons (Fsp3) is 0.588. The average Bonchev–Trinajstić information content (AvgIpc) is 2.47. The van der Waals surface area contributed by atoms with E-state index in [2.05, 4.69) is 34.7 Å². The topological polar surface area (TPSA) is 20.3 Å². The van der Waals surface area contributed by atoms with Crippen molar-refractivity contribution in [3.8, 4) is 0 Å². The molecule has 2 nitrogen and oxygen atoms in total. The Morgan fingerprint density at radius 1 is 1.30 bits per heavy atom. The smallest absolute Gasteiger partial charge is 0.179 e. The number of carbonyl (C=O) groups excluding carboxylic acids is 1. The lowest BCUT2D eigenvalue weighted by Crippen LogP contribution is -2.46. The highest BCUT2D eigenvalue weighted by Crippen LogP contribution is 2.34. The average molecular weight is 338 g/mol. The van der Waals surface area contributed by atoms with Crippen molar-refractivity contribution in [3.05, 3.63) is 34.3 Å². The van der Waals surface area contributed by atoms with Crippen molar-refractivity contribution < 1.29 is 4.79 Å². The van der Waals surface area contributed by atoms with Crippen molar-refractivity contribution >= 4 is 21.7 Å². The summed E-state index contributed by atoms with van der Waals surface area (Å²) in [5.41, 5.74) is 1.28. The van der Waals surface area contributed by atoms with Gasteiger partial charge in [-0.05, 0) is 50.4 Å². The summed E-state index contributed by atoms with van der Waals surface area (Å²) in [6.07, 6.45) is 3.62. The summed E-state index contributed by atoms with van der Waals surface area (Å²) < 4.78 is 1.01. The second-order valence-electron chi connectivity index (χ2n) is 6.25. The van der Waals surface area contributed by atoms with Crippen molar-refractivity contribution in [3.63, 3.8) is 0 Å². The molecule has 0 N–H and O–H groups in total. The fourth-order valence-electron chi connectivity index (χ4n) is 2.83. The molecule has 0 radical (unpaired) electrons. The molecule has 0 aliphatic carbocycles. The van der Waals surface area contributed by atoms with Crippen LogP contribution in [0.3, 0.4) is 0 Å². The third-order valence-corrected chi connectivity index (χ3v) is 5.44. The SMILES string of the molecule is CCC1(C)CCN(C(C)C(=O)c2ccc(Br)cc2)CC1. The zero-order valence-electron chi connectivity index (χ0n) is 12.7. The summed E-state index contributed by atoms with van der Waals surface area (Å²) in [4.78, 5) is 14.9. The lowest BCUT2D eigenvalue weighted by Gasteiger charge is -2.41. The molecule has 1 saturated heterocycles. The van der Waals surface area contributed by atoms with E-state index in [4.69, 9.17) is 0 Å². The van der Waals surface area contributed by atoms with Gasteiger partial charge in [0, 0.05) is 10.0 Å². The monoisotopic (exact) mass is 337 g/mol. The minimum absolute atomic E-state index is 0.0161. The Balaban J connectivity index is 2.00. The van der Waals surface area contributed by atoms with Crippen LogP contribution in [0, 0.1) is 5.41 Å². The number of nitrogens with zero attached hydrogens (tertiary/aromatic N) is 1. The van der Waals surface area contributed by atoms with Gasteiger partial charge in [-0.3, -0.25) is 9.69 Å². The number of ketones is 1. The Bertz CT molecular complexity index is 460. The maximum absolute atomic E-state index is 12.5. The molecule has 1 heterocycles. The van der Waals surface area contributed by atoms with E-state index in [9.17, 15) is 4.79 Å². The third-order valence-electron chi connectivity index (χ3n) is 4.91. The molecule has 2 rings (SSSR count). The van der Waals surface area contributed by atoms with E-state index in [-0.39, 0.29) is 11.8 Å². The van der Waals surface area contributed by atoms with Crippen molar-refractivity contribution in [2.45, 2.75) is 46.1 Å². The maximum Gasteiger partial charge on any atom is 0.179 e. The first-order valence-corrected chi connectivity index (χ1v) is 8.28. The number of piperidine rings is 1. The van der Waals surface area contributed by atoms with Crippen molar-refractivity contribution in [1.29, 1.82) is 0 Å². The summed E-state index contributed by atoms with van der Waals surface area (Å²) in [5, 5.41) is 0. The molecule has 0 aromatic heterocycles. The van der Waals surface area contributed by atoms with Crippen LogP contribution in [0.2, 0.25) is 0 Å². The Labute approximate surface area is 130 Å². The summed E-state index contributed by atoms with van der Waals surface area (Å²) in [7, 11) is 0. The van der Waals surface area contributed by atoms with Crippen LogP contribution < -0.4 is 0 Å². The Morgan fingerprint density at radius 2 is 1.85 bits per heavy atom. The van der Waals surface area contributed by atoms with E-state index < -0.39 is 0 Å². The molecule has 20 heavy (non-hydrogen) atoms. The molecule has 1 unspecified atom stereocenters. The van der Waals surface area contributed by atoms with Crippen LogP contribution in [0.5, 0.6) is 0 Å². The second-order valence-corrected chi connectivity index (χ2v) is 7.16. The Hall–Kier alpha value is -0.670. The lowest BCUT2D eigenvalue weighted by molar-refractivity contribution is 0.0642. The van der Waals surface area contributed by atoms with Crippen molar-refractivity contribution in [2.24, 2.45) is 5.41 Å². The normalized spacial score (nSPS) is 20.6. The Kier molecular flexibility index (Phi) is 5.03. The van der Waals surface area contributed by atoms with E-state index in [1.165, 1.54) is 19.3 Å². The van der Waals surface area contributed by atoms with Gasteiger partial charge in [0.05, 0.1) is 6.04 Å². The standard InChI is InChI=1S/C17H24BrNO/c1-4-17(3)9-11-19(12-10-17)13(2)16(20)14-5-7-15(18)8-6-14/h5-8,13H,4,9-12H2,1-3H3. The third kappa shape index (κ3) is 3.50. The summed E-state index contributed by atoms with van der Waals surface area (Å²) in [5.74, 6) is 0.234. The van der Waals surface area contributed by atoms with Gasteiger partial charge in [0.1, 0.15) is 0 Å². The molecular weight excluding hydrogens is 314 g/mol. The van der Waals surface area contributed by atoms with Gasteiger partial charge >= 0.3 is 0 Å². The number of Topliss-reactive ketones (excluding diaryl/α,β-unsaturated/α-hetero) is 1. The number of rotatable bonds is 4. The largest absolute Gasteiger partial charge is 0.293 e. The predicted octanol–water partition coefficient (Wildman–Crippen LogP) is 4.53. The molecule has 0 amide bonds. The first-order chi connectivity index (χ1) is 9.45. The van der Waals surface area contributed by atoms with Gasteiger partial charge < -0.3 is 0 Å². The molecule has 0 bridgehead atoms. The van der Waals surface area contributed by atoms with Crippen LogP contribution in [-0.4, -0.2) is 29.8 Å². The summed E-state index contributed by atoms with van der Waals surface area (Å²) in [6, 6.07) is 7.67. The number of likely N-dealkylation sites (tertiary alicyclic amines) is 1. The van der Waals surface area contributed by atoms with E-state index >= 15 is 0 Å². The summed E-state index contributed by atoms with van der Waals surface area (Å²) in [6.45, 7) is 8.75. The van der Waals surface area contributed by atoms with Gasteiger partial charge in [0.15, 0.2) is 5.78 Å². The molecule has 0 saturated carbocycles. The van der Waals surface area contributed by atoms with Crippen LogP contribution in [-0.2, 0) is 0 Å². The van der Waals surface area contributed by atoms with E-state index in [1.54, 1.807) is 0 Å². The highest BCUT2D eigenvalue weighted by molar-refractivity contribution is 9.10. The van der Waals surface area contributed by atoms with Gasteiger partial charge in [-0.2, -0.15) is 0 Å². The zero-order valence-corrected chi connectivity index (χ0v) is 14.2. The second kappa shape index (κ2) is 6.40. The fourth-order valence-corrected chi connectivity index (χ4v) is 3.09. The van der Waals surface area contributed by atoms with E-state index in [0.717, 1.165) is 23.1 Å². The van der Waals surface area contributed by atoms with E-state index in [1.807, 2.05) is 31.2 Å². The highest BCUT2D eigenvalue weighted by atomic mass is 79.9. The maximum atomic E-state index is 12.5. The lowest BCUT2D eigenvalue weighted by atomic mass is 9.78. The molecule has 110 valence electrons. The molecule has 1 aromatic rings. The number of hydrogen-bond acceptors (Lipinski definition) is 2. The van der Waals surface area contributed by atoms with Crippen LogP contribution in [0.15, 0.2) is 28.7 Å². The number of benzene rings is 1. The van der Waals surface area contributed by atoms with Crippen LogP contribution >= 0.6 is 15.9 Å². The molecule has 3 heteroatoms. The molecule has 1 aromatic carbocycles. The number of hydrogen-bond donors (Lipinski definition) is 0. The minimum atomic E-state index is -0.0161. The molecule has 0 spiro atoms. The molecule has 1 aliphatic rings. The van der Waals surface area contributed by atoms with Crippen LogP contribution in [0.4, 0.5) is 0 Å². The predicted molar refractivity (Wildman–Crippen MR) is 87.1 cm³/mol. The van der Waals surface area contributed by atoms with Gasteiger partial charge in [0.25, 0.3) is 0 Å². The van der Waals surface area contributed by atoms with Gasteiger partial charge in [-0.1, -0.05) is 48.3 Å². The minimum Gasteiger partial charge on any atom is -0.293 e. The van der Waals surface area contributed by atoms with Crippen molar-refractivity contribution in [2.75, 3.05) is 13.1 Å². The Morgan fingerprint density at radius 3 is 2.35 bits per heavy atom. The van der Waals surface area contributed by atoms with Crippen LogP contribution in [0.1, 0.15) is 50.4 Å². The number of halogens is 1. The zero-order chi connectivity index (χ0) is 14.8. The molecule has 1 aliphatic heterocycles. The van der Waals surface area contributed by atoms with Gasteiger partial charge in [-0.15, -0.1) is 0 Å². The molecule has 1 fully saturated rings. The first-order valence-electron chi connectivity index (χ1n) is 7.49. The van der Waals surface area contributed by atoms with Gasteiger partial charge in [0.2, 0.25) is 0 Å². The first kappa shape index (κ1) is 15.7. The number of carbonyl (C=O) groups is 1. The molecule has 1 atom stereocenters. The quantitative estimate of drug-likeness (QED) is 0.752. The van der Waals surface area contributed by atoms with E-state index in [0.29, 0.717) is 5.41 Å². The van der Waals surface area contributed by atoms with Crippen LogP contribution in [0.25, 0.3) is 0 Å². The summed E-state index contributed by atoms with van der Waals surface area (Å²) >= 11 is 3.41. The van der Waals surface area contributed by atoms with Gasteiger partial charge in [-0.25, -0.2) is 0 Å².